The Morgan fingerprint density at radius 3 is 2.80 bits per heavy atom. The predicted octanol–water partition coefficient (Wildman–Crippen LogP) is 2.87. The molecule has 1 aromatic carbocycles. The zero-order chi connectivity index (χ0) is 10.3. The zero-order valence-corrected chi connectivity index (χ0v) is 8.01. The van der Waals surface area contributed by atoms with Crippen LogP contribution in [0.25, 0.3) is 11.6 Å². The highest BCUT2D eigenvalue weighted by molar-refractivity contribution is 6.25. The molecular weight excluding hydrogens is 186 g/mol. The molecule has 0 saturated heterocycles. The lowest BCUT2D eigenvalue weighted by molar-refractivity contribution is 0.320. The Morgan fingerprint density at radius 2 is 1.93 bits per heavy atom. The minimum atomic E-state index is 0.628. The van der Waals surface area contributed by atoms with Crippen LogP contribution in [0.15, 0.2) is 53.2 Å². The summed E-state index contributed by atoms with van der Waals surface area (Å²) in [7, 11) is 0. The van der Waals surface area contributed by atoms with E-state index in [9.17, 15) is 0 Å². The standard InChI is InChI=1S/C13H9NO/c15-14-13-7-3-6-11-10-5-2-1-4-9(10)8-12(11)13/h1-8,15H. The highest BCUT2D eigenvalue weighted by Gasteiger charge is 2.22. The Labute approximate surface area is 87.5 Å². The van der Waals surface area contributed by atoms with Gasteiger partial charge in [0.1, 0.15) is 5.71 Å². The normalized spacial score (nSPS) is 19.6. The molecule has 0 unspecified atom stereocenters. The van der Waals surface area contributed by atoms with Gasteiger partial charge in [-0.2, -0.15) is 0 Å². The number of fused-ring (bicyclic) bond motifs is 3. The molecule has 0 radical (unpaired) electrons. The third-order valence-corrected chi connectivity index (χ3v) is 2.74. The molecule has 2 aliphatic rings. The fraction of sp³-hybridized carbons (Fsp3) is 0. The van der Waals surface area contributed by atoms with Gasteiger partial charge in [0.25, 0.3) is 0 Å². The average Bonchev–Trinajstić information content (AvgIpc) is 2.67. The molecule has 2 heteroatoms. The van der Waals surface area contributed by atoms with Crippen LogP contribution in [0.1, 0.15) is 11.1 Å². The molecule has 72 valence electrons. The highest BCUT2D eigenvalue weighted by Crippen LogP contribution is 2.37. The van der Waals surface area contributed by atoms with Gasteiger partial charge in [0.05, 0.1) is 0 Å². The van der Waals surface area contributed by atoms with Crippen LogP contribution in [0.2, 0.25) is 0 Å². The van der Waals surface area contributed by atoms with Crippen molar-refractivity contribution in [3.8, 4) is 0 Å². The lowest BCUT2D eigenvalue weighted by Crippen LogP contribution is -2.01. The van der Waals surface area contributed by atoms with Crippen molar-refractivity contribution in [1.29, 1.82) is 0 Å². The van der Waals surface area contributed by atoms with Gasteiger partial charge in [0, 0.05) is 5.57 Å². The average molecular weight is 195 g/mol. The molecule has 2 nitrogen and oxygen atoms in total. The van der Waals surface area contributed by atoms with Gasteiger partial charge in [-0.15, -0.1) is 0 Å². The first-order valence-electron chi connectivity index (χ1n) is 4.82. The second-order valence-electron chi connectivity index (χ2n) is 3.57. The summed E-state index contributed by atoms with van der Waals surface area (Å²) in [6.45, 7) is 0. The van der Waals surface area contributed by atoms with Crippen LogP contribution in [0.5, 0.6) is 0 Å². The van der Waals surface area contributed by atoms with Crippen LogP contribution in [0.4, 0.5) is 0 Å². The Hall–Kier alpha value is -2.09. The van der Waals surface area contributed by atoms with Crippen LogP contribution >= 0.6 is 0 Å². The van der Waals surface area contributed by atoms with Crippen LogP contribution < -0.4 is 0 Å². The van der Waals surface area contributed by atoms with E-state index in [0.717, 1.165) is 11.1 Å². The van der Waals surface area contributed by atoms with Crippen molar-refractivity contribution in [2.75, 3.05) is 0 Å². The molecule has 0 fully saturated rings. The fourth-order valence-corrected chi connectivity index (χ4v) is 2.05. The van der Waals surface area contributed by atoms with E-state index in [4.69, 9.17) is 5.21 Å². The fourth-order valence-electron chi connectivity index (χ4n) is 2.05. The summed E-state index contributed by atoms with van der Waals surface area (Å²) in [6.07, 6.45) is 7.82. The van der Waals surface area contributed by atoms with Gasteiger partial charge >= 0.3 is 0 Å². The minimum absolute atomic E-state index is 0.628. The van der Waals surface area contributed by atoms with Crippen LogP contribution in [0, 0.1) is 0 Å². The maximum Gasteiger partial charge on any atom is 0.110 e. The van der Waals surface area contributed by atoms with E-state index >= 15 is 0 Å². The predicted molar refractivity (Wildman–Crippen MR) is 60.8 cm³/mol. The second-order valence-corrected chi connectivity index (χ2v) is 3.57. The first kappa shape index (κ1) is 8.24. The van der Waals surface area contributed by atoms with Crippen molar-refractivity contribution in [2.45, 2.75) is 0 Å². The van der Waals surface area contributed by atoms with Crippen molar-refractivity contribution in [3.05, 3.63) is 59.2 Å². The summed E-state index contributed by atoms with van der Waals surface area (Å²) in [5.41, 5.74) is 5.16. The molecule has 15 heavy (non-hydrogen) atoms. The van der Waals surface area contributed by atoms with Crippen molar-refractivity contribution in [1.82, 2.24) is 0 Å². The number of hydrogen-bond donors (Lipinski definition) is 1. The first-order chi connectivity index (χ1) is 7.40. The second kappa shape index (κ2) is 2.95. The summed E-state index contributed by atoms with van der Waals surface area (Å²) in [4.78, 5) is 0. The molecule has 0 atom stereocenters. The Balaban J connectivity index is 2.25. The first-order valence-corrected chi connectivity index (χ1v) is 4.82. The van der Waals surface area contributed by atoms with Crippen LogP contribution in [-0.2, 0) is 0 Å². The molecule has 2 aliphatic carbocycles. The number of allylic oxidation sites excluding steroid dienone is 5. The number of oxime groups is 1. The maximum absolute atomic E-state index is 8.89. The third kappa shape index (κ3) is 1.08. The van der Waals surface area contributed by atoms with E-state index in [1.807, 2.05) is 24.3 Å². The number of hydrogen-bond acceptors (Lipinski definition) is 2. The maximum atomic E-state index is 8.89. The van der Waals surface area contributed by atoms with Gasteiger partial charge in [-0.25, -0.2) is 0 Å². The van der Waals surface area contributed by atoms with Gasteiger partial charge in [-0.05, 0) is 28.9 Å². The van der Waals surface area contributed by atoms with E-state index < -0.39 is 0 Å². The van der Waals surface area contributed by atoms with Crippen LogP contribution in [-0.4, -0.2) is 10.9 Å². The topological polar surface area (TPSA) is 32.6 Å². The molecule has 0 aliphatic heterocycles. The summed E-state index contributed by atoms with van der Waals surface area (Å²) in [6, 6.07) is 8.18. The molecule has 1 N–H and O–H groups in total. The van der Waals surface area contributed by atoms with E-state index in [-0.39, 0.29) is 0 Å². The number of benzene rings is 1. The molecule has 3 rings (SSSR count). The van der Waals surface area contributed by atoms with Gasteiger partial charge in [0.2, 0.25) is 0 Å². The van der Waals surface area contributed by atoms with Crippen molar-refractivity contribution in [3.63, 3.8) is 0 Å². The number of nitrogens with zero attached hydrogens (tertiary/aromatic N) is 1. The molecule has 0 bridgehead atoms. The summed E-state index contributed by atoms with van der Waals surface area (Å²) in [5, 5.41) is 12.2. The van der Waals surface area contributed by atoms with Gasteiger partial charge in [-0.3, -0.25) is 0 Å². The van der Waals surface area contributed by atoms with Crippen molar-refractivity contribution in [2.24, 2.45) is 5.16 Å². The lowest BCUT2D eigenvalue weighted by atomic mass is 9.96. The molecule has 1 aromatic rings. The molecule has 0 amide bonds. The molecule has 0 heterocycles. The van der Waals surface area contributed by atoms with E-state index in [1.54, 1.807) is 6.08 Å². The molecule has 0 saturated carbocycles. The van der Waals surface area contributed by atoms with Gasteiger partial charge < -0.3 is 5.21 Å². The zero-order valence-electron chi connectivity index (χ0n) is 8.01. The van der Waals surface area contributed by atoms with Gasteiger partial charge in [0.15, 0.2) is 0 Å². The van der Waals surface area contributed by atoms with Crippen LogP contribution in [0.3, 0.4) is 0 Å². The largest absolute Gasteiger partial charge is 0.410 e. The Kier molecular flexibility index (Phi) is 1.62. The van der Waals surface area contributed by atoms with Crippen molar-refractivity contribution < 1.29 is 5.21 Å². The van der Waals surface area contributed by atoms with E-state index in [2.05, 4.69) is 23.4 Å². The quantitative estimate of drug-likeness (QED) is 0.501. The minimum Gasteiger partial charge on any atom is -0.410 e. The Bertz CT molecular complexity index is 547. The lowest BCUT2D eigenvalue weighted by Gasteiger charge is -2.08. The smallest absolute Gasteiger partial charge is 0.110 e. The summed E-state index contributed by atoms with van der Waals surface area (Å²) in [5.74, 6) is 0. The third-order valence-electron chi connectivity index (χ3n) is 2.74. The monoisotopic (exact) mass is 195 g/mol. The number of rotatable bonds is 0. The summed E-state index contributed by atoms with van der Waals surface area (Å²) >= 11 is 0. The van der Waals surface area contributed by atoms with E-state index in [1.165, 1.54) is 11.1 Å². The summed E-state index contributed by atoms with van der Waals surface area (Å²) < 4.78 is 0. The molecule has 0 spiro atoms. The van der Waals surface area contributed by atoms with Crippen molar-refractivity contribution >= 4 is 17.4 Å². The molecular formula is C13H9NO. The molecule has 0 aromatic heterocycles. The Morgan fingerprint density at radius 1 is 1.07 bits per heavy atom. The van der Waals surface area contributed by atoms with E-state index in [0.29, 0.717) is 5.71 Å². The van der Waals surface area contributed by atoms with Gasteiger partial charge in [-0.1, -0.05) is 41.6 Å². The highest BCUT2D eigenvalue weighted by atomic mass is 16.4. The SMILES string of the molecule is ON=C1C=CC=C2C1=Cc1ccccc12.